The zero-order chi connectivity index (χ0) is 12.3. The van der Waals surface area contributed by atoms with Crippen LogP contribution >= 0.6 is 11.6 Å². The first-order valence-electron chi connectivity index (χ1n) is 6.42. The molecule has 2 unspecified atom stereocenters. The third-order valence-corrected chi connectivity index (χ3v) is 3.82. The SMILES string of the molecule is C[C@H](NC1CCCC(N)C1)c1ccc(Cl)cc1. The zero-order valence-electron chi connectivity index (χ0n) is 10.3. The van der Waals surface area contributed by atoms with Crippen LogP contribution < -0.4 is 11.1 Å². The van der Waals surface area contributed by atoms with Crippen LogP contribution in [0.2, 0.25) is 5.02 Å². The predicted octanol–water partition coefficient (Wildman–Crippen LogP) is 3.26. The van der Waals surface area contributed by atoms with Crippen molar-refractivity contribution in [3.63, 3.8) is 0 Å². The van der Waals surface area contributed by atoms with E-state index in [9.17, 15) is 0 Å². The van der Waals surface area contributed by atoms with Crippen molar-refractivity contribution in [2.45, 2.75) is 50.7 Å². The Kier molecular flexibility index (Phi) is 4.43. The van der Waals surface area contributed by atoms with Gasteiger partial charge in [0.1, 0.15) is 0 Å². The second kappa shape index (κ2) is 5.85. The molecule has 0 aliphatic heterocycles. The second-order valence-electron chi connectivity index (χ2n) is 5.06. The van der Waals surface area contributed by atoms with E-state index in [0.29, 0.717) is 18.1 Å². The maximum absolute atomic E-state index is 6.00. The molecular formula is C14H21ClN2. The number of hydrogen-bond acceptors (Lipinski definition) is 2. The molecule has 0 saturated heterocycles. The number of nitrogens with one attached hydrogen (secondary N) is 1. The Balaban J connectivity index is 1.91. The molecule has 17 heavy (non-hydrogen) atoms. The molecule has 1 saturated carbocycles. The Hall–Kier alpha value is -0.570. The standard InChI is InChI=1S/C14H21ClN2/c1-10(11-5-7-12(15)8-6-11)17-14-4-2-3-13(16)9-14/h5-8,10,13-14,17H,2-4,9,16H2,1H3/t10-,13?,14?/m0/s1. The number of halogens is 1. The van der Waals surface area contributed by atoms with Crippen LogP contribution in [0.3, 0.4) is 0 Å². The summed E-state index contributed by atoms with van der Waals surface area (Å²) in [6.07, 6.45) is 4.75. The van der Waals surface area contributed by atoms with E-state index in [1.807, 2.05) is 12.1 Å². The summed E-state index contributed by atoms with van der Waals surface area (Å²) in [4.78, 5) is 0. The van der Waals surface area contributed by atoms with Crippen molar-refractivity contribution in [1.82, 2.24) is 5.32 Å². The highest BCUT2D eigenvalue weighted by molar-refractivity contribution is 6.30. The van der Waals surface area contributed by atoms with Crippen LogP contribution in [0.25, 0.3) is 0 Å². The maximum Gasteiger partial charge on any atom is 0.0406 e. The molecule has 0 amide bonds. The summed E-state index contributed by atoms with van der Waals surface area (Å²) in [6.45, 7) is 2.20. The molecule has 0 spiro atoms. The molecule has 1 aromatic rings. The van der Waals surface area contributed by atoms with Crippen molar-refractivity contribution in [3.8, 4) is 0 Å². The van der Waals surface area contributed by atoms with Crippen molar-refractivity contribution < 1.29 is 0 Å². The van der Waals surface area contributed by atoms with E-state index in [1.54, 1.807) is 0 Å². The smallest absolute Gasteiger partial charge is 0.0406 e. The van der Waals surface area contributed by atoms with Crippen LogP contribution in [-0.4, -0.2) is 12.1 Å². The van der Waals surface area contributed by atoms with E-state index < -0.39 is 0 Å². The van der Waals surface area contributed by atoms with E-state index >= 15 is 0 Å². The van der Waals surface area contributed by atoms with Gasteiger partial charge in [-0.2, -0.15) is 0 Å². The minimum Gasteiger partial charge on any atom is -0.328 e. The Morgan fingerprint density at radius 1 is 1.29 bits per heavy atom. The molecule has 1 aromatic carbocycles. The molecule has 1 aliphatic rings. The highest BCUT2D eigenvalue weighted by atomic mass is 35.5. The summed E-state index contributed by atoms with van der Waals surface area (Å²) in [5.74, 6) is 0. The van der Waals surface area contributed by atoms with Gasteiger partial charge in [-0.15, -0.1) is 0 Å². The summed E-state index contributed by atoms with van der Waals surface area (Å²) >= 11 is 5.89. The minimum absolute atomic E-state index is 0.363. The second-order valence-corrected chi connectivity index (χ2v) is 5.50. The molecule has 94 valence electrons. The summed E-state index contributed by atoms with van der Waals surface area (Å²) in [5, 5.41) is 4.45. The highest BCUT2D eigenvalue weighted by Crippen LogP contribution is 2.22. The lowest BCUT2D eigenvalue weighted by Gasteiger charge is -2.30. The largest absolute Gasteiger partial charge is 0.328 e. The molecule has 1 aliphatic carbocycles. The van der Waals surface area contributed by atoms with E-state index in [1.165, 1.54) is 24.8 Å². The summed E-state index contributed by atoms with van der Waals surface area (Å²) in [6, 6.07) is 9.36. The minimum atomic E-state index is 0.363. The lowest BCUT2D eigenvalue weighted by atomic mass is 9.91. The zero-order valence-corrected chi connectivity index (χ0v) is 11.1. The van der Waals surface area contributed by atoms with Gasteiger partial charge < -0.3 is 11.1 Å². The average Bonchev–Trinajstić information content (AvgIpc) is 2.29. The summed E-state index contributed by atoms with van der Waals surface area (Å²) < 4.78 is 0. The van der Waals surface area contributed by atoms with Crippen molar-refractivity contribution in [1.29, 1.82) is 0 Å². The number of nitrogens with two attached hydrogens (primary N) is 1. The van der Waals surface area contributed by atoms with Crippen LogP contribution in [0.4, 0.5) is 0 Å². The maximum atomic E-state index is 6.00. The first-order chi connectivity index (χ1) is 8.15. The van der Waals surface area contributed by atoms with Gasteiger partial charge in [-0.25, -0.2) is 0 Å². The lowest BCUT2D eigenvalue weighted by Crippen LogP contribution is -2.40. The van der Waals surface area contributed by atoms with Crippen molar-refractivity contribution >= 4 is 11.6 Å². The molecular weight excluding hydrogens is 232 g/mol. The van der Waals surface area contributed by atoms with Crippen LogP contribution in [0.5, 0.6) is 0 Å². The quantitative estimate of drug-likeness (QED) is 0.867. The average molecular weight is 253 g/mol. The molecule has 2 nitrogen and oxygen atoms in total. The van der Waals surface area contributed by atoms with Crippen LogP contribution in [-0.2, 0) is 0 Å². The fourth-order valence-electron chi connectivity index (χ4n) is 2.58. The van der Waals surface area contributed by atoms with Gasteiger partial charge in [0.05, 0.1) is 0 Å². The third kappa shape index (κ3) is 3.70. The topological polar surface area (TPSA) is 38.0 Å². The van der Waals surface area contributed by atoms with E-state index in [4.69, 9.17) is 17.3 Å². The van der Waals surface area contributed by atoms with Crippen LogP contribution in [0.15, 0.2) is 24.3 Å². The molecule has 0 bridgehead atoms. The third-order valence-electron chi connectivity index (χ3n) is 3.57. The molecule has 3 atom stereocenters. The van der Waals surface area contributed by atoms with E-state index in [2.05, 4.69) is 24.4 Å². The van der Waals surface area contributed by atoms with Gasteiger partial charge in [0, 0.05) is 23.1 Å². The van der Waals surface area contributed by atoms with Gasteiger partial charge in [-0.05, 0) is 43.9 Å². The van der Waals surface area contributed by atoms with Gasteiger partial charge in [-0.1, -0.05) is 30.2 Å². The Labute approximate surface area is 109 Å². The molecule has 3 N–H and O–H groups in total. The molecule has 0 heterocycles. The summed E-state index contributed by atoms with van der Waals surface area (Å²) in [7, 11) is 0. The van der Waals surface area contributed by atoms with E-state index in [-0.39, 0.29) is 0 Å². The van der Waals surface area contributed by atoms with Gasteiger partial charge in [0.15, 0.2) is 0 Å². The number of benzene rings is 1. The van der Waals surface area contributed by atoms with E-state index in [0.717, 1.165) is 11.4 Å². The molecule has 3 heteroatoms. The number of rotatable bonds is 3. The van der Waals surface area contributed by atoms with Crippen molar-refractivity contribution in [3.05, 3.63) is 34.9 Å². The normalized spacial score (nSPS) is 26.8. The van der Waals surface area contributed by atoms with Crippen LogP contribution in [0.1, 0.15) is 44.2 Å². The van der Waals surface area contributed by atoms with Gasteiger partial charge >= 0.3 is 0 Å². The van der Waals surface area contributed by atoms with Crippen molar-refractivity contribution in [2.75, 3.05) is 0 Å². The molecule has 2 rings (SSSR count). The Morgan fingerprint density at radius 2 is 2.00 bits per heavy atom. The molecule has 0 aromatic heterocycles. The Bertz CT molecular complexity index is 350. The first kappa shape index (κ1) is 12.9. The van der Waals surface area contributed by atoms with Gasteiger partial charge in [0.2, 0.25) is 0 Å². The predicted molar refractivity (Wildman–Crippen MR) is 73.2 cm³/mol. The highest BCUT2D eigenvalue weighted by Gasteiger charge is 2.20. The fourth-order valence-corrected chi connectivity index (χ4v) is 2.71. The number of hydrogen-bond donors (Lipinski definition) is 2. The van der Waals surface area contributed by atoms with Crippen molar-refractivity contribution in [2.24, 2.45) is 5.73 Å². The first-order valence-corrected chi connectivity index (χ1v) is 6.80. The van der Waals surface area contributed by atoms with Gasteiger partial charge in [0.25, 0.3) is 0 Å². The summed E-state index contributed by atoms with van der Waals surface area (Å²) in [5.41, 5.74) is 7.29. The van der Waals surface area contributed by atoms with Gasteiger partial charge in [-0.3, -0.25) is 0 Å². The lowest BCUT2D eigenvalue weighted by molar-refractivity contribution is 0.319. The van der Waals surface area contributed by atoms with Crippen LogP contribution in [0, 0.1) is 0 Å². The molecule has 0 radical (unpaired) electrons. The fraction of sp³-hybridized carbons (Fsp3) is 0.571. The molecule has 1 fully saturated rings. The monoisotopic (exact) mass is 252 g/mol. The Morgan fingerprint density at radius 3 is 2.65 bits per heavy atom.